The minimum atomic E-state index is -0.270. The van der Waals surface area contributed by atoms with Crippen LogP contribution in [-0.4, -0.2) is 31.7 Å². The Labute approximate surface area is 148 Å². The second-order valence-electron chi connectivity index (χ2n) is 5.62. The van der Waals surface area contributed by atoms with Crippen molar-refractivity contribution < 1.29 is 14.3 Å². The van der Waals surface area contributed by atoms with Crippen LogP contribution >= 0.6 is 0 Å². The maximum atomic E-state index is 12.4. The minimum Gasteiger partial charge on any atom is -0.497 e. The van der Waals surface area contributed by atoms with Gasteiger partial charge in [0.05, 0.1) is 26.1 Å². The summed E-state index contributed by atoms with van der Waals surface area (Å²) >= 11 is 0. The van der Waals surface area contributed by atoms with Crippen molar-refractivity contribution in [3.05, 3.63) is 42.1 Å². The van der Waals surface area contributed by atoms with Crippen LogP contribution in [0.5, 0.6) is 11.5 Å². The highest BCUT2D eigenvalue weighted by Crippen LogP contribution is 2.23. The molecule has 1 aromatic heterocycles. The largest absolute Gasteiger partial charge is 0.497 e. The smallest absolute Gasteiger partial charge is 0.257 e. The van der Waals surface area contributed by atoms with Gasteiger partial charge >= 0.3 is 0 Å². The van der Waals surface area contributed by atoms with E-state index in [0.717, 1.165) is 18.7 Å². The number of nitrogens with one attached hydrogen (secondary N) is 2. The highest BCUT2D eigenvalue weighted by atomic mass is 16.5. The Balaban J connectivity index is 1.98. The Morgan fingerprint density at radius 3 is 2.36 bits per heavy atom. The number of methoxy groups -OCH3 is 2. The first-order chi connectivity index (χ1) is 12.2. The number of pyridine rings is 1. The van der Waals surface area contributed by atoms with E-state index in [9.17, 15) is 4.79 Å². The molecule has 0 saturated heterocycles. The molecule has 0 atom stereocenters. The van der Waals surface area contributed by atoms with Crippen LogP contribution < -0.4 is 20.1 Å². The SMILES string of the molecule is CCCCCNc1ccc(NC(=O)c2cc(OC)cc(OC)c2)nc1. The molecule has 0 aliphatic rings. The molecule has 1 aromatic carbocycles. The molecule has 0 saturated carbocycles. The van der Waals surface area contributed by atoms with Gasteiger partial charge in [-0.25, -0.2) is 4.98 Å². The zero-order chi connectivity index (χ0) is 18.1. The van der Waals surface area contributed by atoms with Crippen LogP contribution in [0.4, 0.5) is 11.5 Å². The molecule has 0 unspecified atom stereocenters. The number of unbranched alkanes of at least 4 members (excludes halogenated alkanes) is 2. The summed E-state index contributed by atoms with van der Waals surface area (Å²) in [5.41, 5.74) is 1.39. The topological polar surface area (TPSA) is 72.5 Å². The molecule has 2 aromatic rings. The van der Waals surface area contributed by atoms with Crippen molar-refractivity contribution in [3.63, 3.8) is 0 Å². The highest BCUT2D eigenvalue weighted by molar-refractivity contribution is 6.04. The Bertz CT molecular complexity index is 665. The predicted molar refractivity (Wildman–Crippen MR) is 99.8 cm³/mol. The van der Waals surface area contributed by atoms with Crippen molar-refractivity contribution >= 4 is 17.4 Å². The van der Waals surface area contributed by atoms with Gasteiger partial charge in [-0.05, 0) is 30.7 Å². The lowest BCUT2D eigenvalue weighted by molar-refractivity contribution is 0.102. The molecule has 0 fully saturated rings. The monoisotopic (exact) mass is 343 g/mol. The first-order valence-corrected chi connectivity index (χ1v) is 8.40. The number of carbonyl (C=O) groups excluding carboxylic acids is 1. The van der Waals surface area contributed by atoms with Crippen molar-refractivity contribution in [1.82, 2.24) is 4.98 Å². The summed E-state index contributed by atoms with van der Waals surface area (Å²) in [7, 11) is 3.09. The molecule has 134 valence electrons. The third-order valence-corrected chi connectivity index (χ3v) is 3.73. The normalized spacial score (nSPS) is 10.2. The molecule has 6 nitrogen and oxygen atoms in total. The number of carbonyl (C=O) groups is 1. The van der Waals surface area contributed by atoms with E-state index in [4.69, 9.17) is 9.47 Å². The molecular formula is C19H25N3O3. The van der Waals surface area contributed by atoms with Gasteiger partial charge in [0.2, 0.25) is 0 Å². The maximum Gasteiger partial charge on any atom is 0.257 e. The molecule has 25 heavy (non-hydrogen) atoms. The summed E-state index contributed by atoms with van der Waals surface area (Å²) in [5.74, 6) is 1.34. The van der Waals surface area contributed by atoms with E-state index in [0.29, 0.717) is 22.9 Å². The molecule has 0 aliphatic carbocycles. The Morgan fingerprint density at radius 1 is 1.08 bits per heavy atom. The molecule has 0 radical (unpaired) electrons. The number of rotatable bonds is 9. The summed E-state index contributed by atoms with van der Waals surface area (Å²) in [6.45, 7) is 3.10. The molecule has 0 aliphatic heterocycles. The van der Waals surface area contributed by atoms with E-state index in [1.807, 2.05) is 6.07 Å². The van der Waals surface area contributed by atoms with Crippen LogP contribution in [0.3, 0.4) is 0 Å². The lowest BCUT2D eigenvalue weighted by atomic mass is 10.2. The molecular weight excluding hydrogens is 318 g/mol. The number of hydrogen-bond donors (Lipinski definition) is 2. The summed E-state index contributed by atoms with van der Waals surface area (Å²) in [5, 5.41) is 6.09. The number of anilines is 2. The number of nitrogens with zero attached hydrogens (tertiary/aromatic N) is 1. The van der Waals surface area contributed by atoms with Crippen molar-refractivity contribution in [2.75, 3.05) is 31.4 Å². The van der Waals surface area contributed by atoms with Gasteiger partial charge in [-0.3, -0.25) is 4.79 Å². The van der Waals surface area contributed by atoms with E-state index >= 15 is 0 Å². The third-order valence-electron chi connectivity index (χ3n) is 3.73. The summed E-state index contributed by atoms with van der Waals surface area (Å²) in [6.07, 6.45) is 5.25. The van der Waals surface area contributed by atoms with Crippen molar-refractivity contribution in [3.8, 4) is 11.5 Å². The Morgan fingerprint density at radius 2 is 1.80 bits per heavy atom. The van der Waals surface area contributed by atoms with Gasteiger partial charge in [0.1, 0.15) is 17.3 Å². The highest BCUT2D eigenvalue weighted by Gasteiger charge is 2.10. The molecule has 0 spiro atoms. The summed E-state index contributed by atoms with van der Waals surface area (Å²) in [6, 6.07) is 8.70. The minimum absolute atomic E-state index is 0.270. The maximum absolute atomic E-state index is 12.4. The van der Waals surface area contributed by atoms with Gasteiger partial charge in [-0.1, -0.05) is 19.8 Å². The fourth-order valence-corrected chi connectivity index (χ4v) is 2.31. The van der Waals surface area contributed by atoms with Gasteiger partial charge in [0.15, 0.2) is 0 Å². The average Bonchev–Trinajstić information content (AvgIpc) is 2.66. The van der Waals surface area contributed by atoms with Crippen LogP contribution in [0.25, 0.3) is 0 Å². The second kappa shape index (κ2) is 9.52. The third kappa shape index (κ3) is 5.67. The van der Waals surface area contributed by atoms with Crippen LogP contribution in [-0.2, 0) is 0 Å². The van der Waals surface area contributed by atoms with E-state index < -0.39 is 0 Å². The quantitative estimate of drug-likeness (QED) is 0.675. The Hall–Kier alpha value is -2.76. The van der Waals surface area contributed by atoms with E-state index in [2.05, 4.69) is 22.5 Å². The molecule has 0 bridgehead atoms. The van der Waals surface area contributed by atoms with Gasteiger partial charge in [0, 0.05) is 18.2 Å². The van der Waals surface area contributed by atoms with Crippen molar-refractivity contribution in [2.24, 2.45) is 0 Å². The lowest BCUT2D eigenvalue weighted by Gasteiger charge is -2.10. The van der Waals surface area contributed by atoms with E-state index in [-0.39, 0.29) is 5.91 Å². The van der Waals surface area contributed by atoms with E-state index in [1.165, 1.54) is 12.8 Å². The second-order valence-corrected chi connectivity index (χ2v) is 5.62. The lowest BCUT2D eigenvalue weighted by Crippen LogP contribution is -2.13. The molecule has 2 N–H and O–H groups in total. The van der Waals surface area contributed by atoms with Crippen LogP contribution in [0.15, 0.2) is 36.5 Å². The number of benzene rings is 1. The predicted octanol–water partition coefficient (Wildman–Crippen LogP) is 3.95. The van der Waals surface area contributed by atoms with Crippen LogP contribution in [0.2, 0.25) is 0 Å². The molecule has 1 amide bonds. The standard InChI is InChI=1S/C19H25N3O3/c1-4-5-6-9-20-15-7-8-18(21-13-15)22-19(23)14-10-16(24-2)12-17(11-14)25-3/h7-8,10-13,20H,4-6,9H2,1-3H3,(H,21,22,23). The fraction of sp³-hybridized carbons (Fsp3) is 0.368. The van der Waals surface area contributed by atoms with Gasteiger partial charge in [0.25, 0.3) is 5.91 Å². The first kappa shape index (κ1) is 18.6. The van der Waals surface area contributed by atoms with Gasteiger partial charge in [-0.2, -0.15) is 0 Å². The fourth-order valence-electron chi connectivity index (χ4n) is 2.31. The van der Waals surface area contributed by atoms with Gasteiger partial charge < -0.3 is 20.1 Å². The van der Waals surface area contributed by atoms with E-state index in [1.54, 1.807) is 44.7 Å². The molecule has 6 heteroatoms. The number of ether oxygens (including phenoxy) is 2. The average molecular weight is 343 g/mol. The number of aromatic nitrogens is 1. The zero-order valence-electron chi connectivity index (χ0n) is 15.0. The van der Waals surface area contributed by atoms with Crippen LogP contribution in [0.1, 0.15) is 36.5 Å². The zero-order valence-corrected chi connectivity index (χ0v) is 15.0. The Kier molecular flexibility index (Phi) is 7.07. The van der Waals surface area contributed by atoms with Crippen molar-refractivity contribution in [1.29, 1.82) is 0 Å². The van der Waals surface area contributed by atoms with Gasteiger partial charge in [-0.15, -0.1) is 0 Å². The van der Waals surface area contributed by atoms with Crippen LogP contribution in [0, 0.1) is 0 Å². The first-order valence-electron chi connectivity index (χ1n) is 8.40. The number of amides is 1. The summed E-state index contributed by atoms with van der Waals surface area (Å²) in [4.78, 5) is 16.7. The number of hydrogen-bond acceptors (Lipinski definition) is 5. The molecule has 1 heterocycles. The van der Waals surface area contributed by atoms with Crippen molar-refractivity contribution in [2.45, 2.75) is 26.2 Å². The molecule has 2 rings (SSSR count). The summed E-state index contributed by atoms with van der Waals surface area (Å²) < 4.78 is 10.4.